The molecule has 4 rings (SSSR count). The van der Waals surface area contributed by atoms with Crippen LogP contribution >= 0.6 is 0 Å². The molecule has 144 valence electrons. The van der Waals surface area contributed by atoms with Gasteiger partial charge in [0.15, 0.2) is 11.5 Å². The second-order valence-corrected chi connectivity index (χ2v) is 8.06. The van der Waals surface area contributed by atoms with E-state index in [1.54, 1.807) is 7.11 Å². The van der Waals surface area contributed by atoms with Gasteiger partial charge in [0.05, 0.1) is 7.11 Å². The van der Waals surface area contributed by atoms with Crippen molar-refractivity contribution >= 4 is 0 Å². The molecule has 2 aromatic carbocycles. The molecule has 4 heteroatoms. The first-order chi connectivity index (χ1) is 13.1. The Bertz CT molecular complexity index is 781. The molecular weight excluding hydrogens is 338 g/mol. The van der Waals surface area contributed by atoms with Gasteiger partial charge in [-0.1, -0.05) is 30.3 Å². The quantitative estimate of drug-likeness (QED) is 0.779. The summed E-state index contributed by atoms with van der Waals surface area (Å²) in [6, 6.07) is 16.4. The van der Waals surface area contributed by atoms with E-state index in [2.05, 4.69) is 43.0 Å². The maximum atomic E-state index is 6.22. The number of likely N-dealkylation sites (tertiary alicyclic amines) is 1. The third-order valence-corrected chi connectivity index (χ3v) is 5.84. The first-order valence-electron chi connectivity index (χ1n) is 9.87. The minimum Gasteiger partial charge on any atom is -0.493 e. The summed E-state index contributed by atoms with van der Waals surface area (Å²) in [6.45, 7) is 7.54. The minimum absolute atomic E-state index is 0.158. The van der Waals surface area contributed by atoms with Crippen LogP contribution in [0.25, 0.3) is 0 Å². The van der Waals surface area contributed by atoms with E-state index in [1.807, 2.05) is 24.3 Å². The average Bonchev–Trinajstić information content (AvgIpc) is 2.93. The lowest BCUT2D eigenvalue weighted by molar-refractivity contribution is 0.0618. The largest absolute Gasteiger partial charge is 0.493 e. The third-order valence-electron chi connectivity index (χ3n) is 5.84. The van der Waals surface area contributed by atoms with Gasteiger partial charge < -0.3 is 19.1 Å². The summed E-state index contributed by atoms with van der Waals surface area (Å²) >= 11 is 0. The van der Waals surface area contributed by atoms with Gasteiger partial charge in [0, 0.05) is 31.1 Å². The van der Waals surface area contributed by atoms with Crippen molar-refractivity contribution in [2.24, 2.45) is 0 Å². The summed E-state index contributed by atoms with van der Waals surface area (Å²) < 4.78 is 17.8. The van der Waals surface area contributed by atoms with Gasteiger partial charge in [-0.3, -0.25) is 0 Å². The van der Waals surface area contributed by atoms with Crippen molar-refractivity contribution in [1.29, 1.82) is 0 Å². The molecule has 1 saturated heterocycles. The van der Waals surface area contributed by atoms with Gasteiger partial charge >= 0.3 is 0 Å². The van der Waals surface area contributed by atoms with Crippen LogP contribution in [-0.4, -0.2) is 43.3 Å². The minimum atomic E-state index is -0.158. The number of benzene rings is 2. The van der Waals surface area contributed by atoms with Crippen LogP contribution in [0.2, 0.25) is 0 Å². The summed E-state index contributed by atoms with van der Waals surface area (Å²) in [5.74, 6) is 3.10. The molecule has 2 aliphatic heterocycles. The van der Waals surface area contributed by atoms with Gasteiger partial charge in [0.2, 0.25) is 0 Å². The standard InChI is InChI=1S/C23H29NO3/c1-23(2)19(18-8-4-5-9-20(18)27-23)16-24-14-12-17(13-15-24)26-22-11-7-6-10-21(22)25-3/h4-11,17,19H,12-16H2,1-3H3. The topological polar surface area (TPSA) is 30.9 Å². The van der Waals surface area contributed by atoms with Crippen molar-refractivity contribution in [2.75, 3.05) is 26.7 Å². The molecule has 0 spiro atoms. The number of methoxy groups -OCH3 is 1. The Morgan fingerprint density at radius 1 is 1.00 bits per heavy atom. The lowest BCUT2D eigenvalue weighted by Gasteiger charge is -2.36. The maximum Gasteiger partial charge on any atom is 0.161 e. The highest BCUT2D eigenvalue weighted by molar-refractivity contribution is 5.43. The molecule has 0 amide bonds. The molecule has 1 fully saturated rings. The van der Waals surface area contributed by atoms with Crippen LogP contribution in [-0.2, 0) is 0 Å². The third kappa shape index (κ3) is 3.77. The van der Waals surface area contributed by atoms with Gasteiger partial charge in [-0.15, -0.1) is 0 Å². The Labute approximate surface area is 162 Å². The van der Waals surface area contributed by atoms with Crippen LogP contribution in [0, 0.1) is 0 Å². The predicted molar refractivity (Wildman–Crippen MR) is 107 cm³/mol. The monoisotopic (exact) mass is 367 g/mol. The summed E-state index contributed by atoms with van der Waals surface area (Å²) in [5.41, 5.74) is 1.18. The number of hydrogen-bond donors (Lipinski definition) is 0. The highest BCUT2D eigenvalue weighted by atomic mass is 16.5. The van der Waals surface area contributed by atoms with Crippen LogP contribution in [0.1, 0.15) is 38.2 Å². The molecule has 0 radical (unpaired) electrons. The molecule has 2 heterocycles. The van der Waals surface area contributed by atoms with Crippen molar-refractivity contribution in [3.05, 3.63) is 54.1 Å². The van der Waals surface area contributed by atoms with E-state index in [0.29, 0.717) is 5.92 Å². The Kier molecular flexibility index (Phi) is 5.00. The highest BCUT2D eigenvalue weighted by Crippen LogP contribution is 2.45. The number of ether oxygens (including phenoxy) is 3. The van der Waals surface area contributed by atoms with Crippen molar-refractivity contribution < 1.29 is 14.2 Å². The molecule has 27 heavy (non-hydrogen) atoms. The van der Waals surface area contributed by atoms with Crippen LogP contribution in [0.5, 0.6) is 17.2 Å². The number of piperidine rings is 1. The zero-order valence-corrected chi connectivity index (χ0v) is 16.5. The number of fused-ring (bicyclic) bond motifs is 1. The molecular formula is C23H29NO3. The van der Waals surface area contributed by atoms with Gasteiger partial charge in [-0.25, -0.2) is 0 Å². The van der Waals surface area contributed by atoms with Crippen LogP contribution in [0.15, 0.2) is 48.5 Å². The van der Waals surface area contributed by atoms with Gasteiger partial charge in [0.25, 0.3) is 0 Å². The van der Waals surface area contributed by atoms with E-state index in [4.69, 9.17) is 14.2 Å². The van der Waals surface area contributed by atoms with E-state index < -0.39 is 0 Å². The summed E-state index contributed by atoms with van der Waals surface area (Å²) in [7, 11) is 1.69. The fourth-order valence-electron chi connectivity index (χ4n) is 4.27. The van der Waals surface area contributed by atoms with Crippen molar-refractivity contribution in [3.8, 4) is 17.2 Å². The molecule has 1 atom stereocenters. The number of nitrogens with zero attached hydrogens (tertiary/aromatic N) is 1. The zero-order valence-electron chi connectivity index (χ0n) is 16.5. The summed E-state index contributed by atoms with van der Waals surface area (Å²) in [4.78, 5) is 2.56. The highest BCUT2D eigenvalue weighted by Gasteiger charge is 2.42. The first-order valence-corrected chi connectivity index (χ1v) is 9.87. The van der Waals surface area contributed by atoms with Crippen LogP contribution in [0.4, 0.5) is 0 Å². The summed E-state index contributed by atoms with van der Waals surface area (Å²) in [6.07, 6.45) is 2.32. The van der Waals surface area contributed by atoms with Crippen molar-refractivity contribution in [2.45, 2.75) is 44.3 Å². The average molecular weight is 367 g/mol. The molecule has 0 saturated carbocycles. The normalized spacial score (nSPS) is 22.1. The second kappa shape index (κ2) is 7.43. The molecule has 1 unspecified atom stereocenters. The molecule has 0 bridgehead atoms. The van der Waals surface area contributed by atoms with E-state index >= 15 is 0 Å². The van der Waals surface area contributed by atoms with Gasteiger partial charge in [-0.05, 0) is 44.9 Å². The Morgan fingerprint density at radius 2 is 1.67 bits per heavy atom. The lowest BCUT2D eigenvalue weighted by atomic mass is 9.86. The second-order valence-electron chi connectivity index (χ2n) is 8.06. The van der Waals surface area contributed by atoms with Crippen LogP contribution < -0.4 is 14.2 Å². The smallest absolute Gasteiger partial charge is 0.161 e. The molecule has 0 N–H and O–H groups in total. The number of para-hydroxylation sites is 3. The van der Waals surface area contributed by atoms with Crippen molar-refractivity contribution in [3.63, 3.8) is 0 Å². The fourth-order valence-corrected chi connectivity index (χ4v) is 4.27. The molecule has 2 aromatic rings. The Balaban J connectivity index is 1.36. The Hall–Kier alpha value is -2.20. The number of rotatable bonds is 5. The van der Waals surface area contributed by atoms with Gasteiger partial charge in [-0.2, -0.15) is 0 Å². The van der Waals surface area contributed by atoms with Crippen LogP contribution in [0.3, 0.4) is 0 Å². The van der Waals surface area contributed by atoms with Crippen molar-refractivity contribution in [1.82, 2.24) is 4.90 Å². The SMILES string of the molecule is COc1ccccc1OC1CCN(CC2c3ccccc3OC2(C)C)CC1. The summed E-state index contributed by atoms with van der Waals surface area (Å²) in [5, 5.41) is 0. The van der Waals surface area contributed by atoms with E-state index in [9.17, 15) is 0 Å². The molecule has 2 aliphatic rings. The predicted octanol–water partition coefficient (Wildman–Crippen LogP) is 4.49. The fraction of sp³-hybridized carbons (Fsp3) is 0.478. The van der Waals surface area contributed by atoms with E-state index in [1.165, 1.54) is 5.56 Å². The lowest BCUT2D eigenvalue weighted by Crippen LogP contribution is -2.44. The molecule has 0 aliphatic carbocycles. The van der Waals surface area contributed by atoms with E-state index in [-0.39, 0.29) is 11.7 Å². The maximum absolute atomic E-state index is 6.22. The van der Waals surface area contributed by atoms with Gasteiger partial charge in [0.1, 0.15) is 17.5 Å². The molecule has 4 nitrogen and oxygen atoms in total. The first kappa shape index (κ1) is 18.2. The Morgan fingerprint density at radius 3 is 2.41 bits per heavy atom. The molecule has 0 aromatic heterocycles. The van der Waals surface area contributed by atoms with E-state index in [0.717, 1.165) is 49.7 Å². The zero-order chi connectivity index (χ0) is 18.9. The number of hydrogen-bond acceptors (Lipinski definition) is 4.